The van der Waals surface area contributed by atoms with Crippen LogP contribution in [0.3, 0.4) is 0 Å². The van der Waals surface area contributed by atoms with Crippen LogP contribution in [0.2, 0.25) is 5.02 Å². The van der Waals surface area contributed by atoms with Crippen molar-refractivity contribution < 1.29 is 4.21 Å². The third-order valence-corrected chi connectivity index (χ3v) is 4.83. The second kappa shape index (κ2) is 7.84. The van der Waals surface area contributed by atoms with Gasteiger partial charge in [0.1, 0.15) is 0 Å². The minimum absolute atomic E-state index is 0. The molecule has 0 heterocycles. The largest absolute Gasteiger partial charge is 0.242 e. The summed E-state index contributed by atoms with van der Waals surface area (Å²) in [5.74, 6) is 0. The van der Waals surface area contributed by atoms with Gasteiger partial charge in [0.2, 0.25) is 0 Å². The van der Waals surface area contributed by atoms with Gasteiger partial charge in [0.05, 0.1) is 21.8 Å². The Balaban J connectivity index is 0.00000324. The standard InChI is InChI=1S/C13H17BrClNOS.H2S/c1-5-12(16-18(17)13(2,3)4)10-7-6-9(15)8-11(10)14;/h5-8,12,16H,1H2,2-4H3;1H2/t12-,18?;/m0./s1. The summed E-state index contributed by atoms with van der Waals surface area (Å²) in [6.07, 6.45) is 1.73. The molecule has 0 aromatic heterocycles. The molecule has 1 rings (SSSR count). The molecule has 2 nitrogen and oxygen atoms in total. The zero-order valence-electron chi connectivity index (χ0n) is 11.2. The minimum Gasteiger partial charge on any atom is -0.242 e. The molecule has 0 saturated carbocycles. The average Bonchev–Trinajstić information content (AvgIpc) is 2.25. The van der Waals surface area contributed by atoms with Gasteiger partial charge in [-0.3, -0.25) is 0 Å². The lowest BCUT2D eigenvalue weighted by molar-refractivity contribution is 0.626. The Morgan fingerprint density at radius 2 is 2.05 bits per heavy atom. The molecule has 19 heavy (non-hydrogen) atoms. The lowest BCUT2D eigenvalue weighted by Gasteiger charge is -2.23. The van der Waals surface area contributed by atoms with Crippen molar-refractivity contribution in [2.45, 2.75) is 31.6 Å². The summed E-state index contributed by atoms with van der Waals surface area (Å²) in [5.41, 5.74) is 0.965. The maximum atomic E-state index is 12.1. The quantitative estimate of drug-likeness (QED) is 0.761. The fourth-order valence-corrected chi connectivity index (χ4v) is 3.02. The Morgan fingerprint density at radius 3 is 2.47 bits per heavy atom. The average molecular weight is 385 g/mol. The van der Waals surface area contributed by atoms with Crippen LogP contribution in [0.4, 0.5) is 0 Å². The van der Waals surface area contributed by atoms with Crippen molar-refractivity contribution in [3.63, 3.8) is 0 Å². The maximum absolute atomic E-state index is 12.1. The van der Waals surface area contributed by atoms with Crippen LogP contribution in [0.1, 0.15) is 32.4 Å². The van der Waals surface area contributed by atoms with Crippen LogP contribution in [-0.2, 0) is 11.0 Å². The van der Waals surface area contributed by atoms with Gasteiger partial charge in [-0.1, -0.05) is 39.7 Å². The molecular formula is C13H19BrClNOS2. The molecule has 0 amide bonds. The maximum Gasteiger partial charge on any atom is 0.0978 e. The first kappa shape index (κ1) is 19.2. The van der Waals surface area contributed by atoms with Crippen LogP contribution >= 0.6 is 41.0 Å². The lowest BCUT2D eigenvalue weighted by atomic mass is 10.1. The Bertz CT molecular complexity index is 474. The van der Waals surface area contributed by atoms with Crippen molar-refractivity contribution >= 4 is 52.0 Å². The van der Waals surface area contributed by atoms with E-state index in [0.29, 0.717) is 5.02 Å². The highest BCUT2D eigenvalue weighted by atomic mass is 79.9. The molecule has 108 valence electrons. The summed E-state index contributed by atoms with van der Waals surface area (Å²) in [7, 11) is -1.16. The molecule has 0 radical (unpaired) electrons. The van der Waals surface area contributed by atoms with Gasteiger partial charge in [0, 0.05) is 9.50 Å². The summed E-state index contributed by atoms with van der Waals surface area (Å²) < 4.78 is 15.7. The van der Waals surface area contributed by atoms with Crippen LogP contribution in [0.25, 0.3) is 0 Å². The summed E-state index contributed by atoms with van der Waals surface area (Å²) in [6, 6.07) is 5.33. The highest BCUT2D eigenvalue weighted by molar-refractivity contribution is 9.10. The molecule has 6 heteroatoms. The normalized spacial score (nSPS) is 14.4. The zero-order valence-corrected chi connectivity index (χ0v) is 15.3. The SMILES string of the molecule is C=C[C@H](NS(=O)C(C)(C)C)c1ccc(Cl)cc1Br.S. The number of halogens is 2. The number of hydrogen-bond acceptors (Lipinski definition) is 1. The Labute approximate surface area is 138 Å². The van der Waals surface area contributed by atoms with Crippen molar-refractivity contribution in [3.8, 4) is 0 Å². The smallest absolute Gasteiger partial charge is 0.0978 e. The van der Waals surface area contributed by atoms with Gasteiger partial charge >= 0.3 is 0 Å². The molecule has 1 N–H and O–H groups in total. The number of hydrogen-bond donors (Lipinski definition) is 1. The van der Waals surface area contributed by atoms with Gasteiger partial charge in [-0.25, -0.2) is 8.93 Å². The molecule has 0 fully saturated rings. The minimum atomic E-state index is -1.16. The van der Waals surface area contributed by atoms with E-state index in [-0.39, 0.29) is 24.3 Å². The molecule has 0 saturated heterocycles. The molecule has 1 unspecified atom stereocenters. The van der Waals surface area contributed by atoms with Crippen molar-refractivity contribution in [3.05, 3.63) is 45.9 Å². The highest BCUT2D eigenvalue weighted by Crippen LogP contribution is 2.28. The van der Waals surface area contributed by atoms with E-state index in [1.165, 1.54) is 0 Å². The predicted octanol–water partition coefficient (Wildman–Crippen LogP) is 4.49. The van der Waals surface area contributed by atoms with Crippen LogP contribution in [0, 0.1) is 0 Å². The van der Waals surface area contributed by atoms with Crippen molar-refractivity contribution in [1.29, 1.82) is 0 Å². The lowest BCUT2D eigenvalue weighted by Crippen LogP contribution is -2.35. The van der Waals surface area contributed by atoms with Gasteiger partial charge < -0.3 is 0 Å². The summed E-state index contributed by atoms with van der Waals surface area (Å²) in [6.45, 7) is 9.56. The van der Waals surface area contributed by atoms with E-state index in [9.17, 15) is 4.21 Å². The molecule has 0 aliphatic carbocycles. The van der Waals surface area contributed by atoms with Gasteiger partial charge in [-0.2, -0.15) is 13.5 Å². The first-order valence-electron chi connectivity index (χ1n) is 5.51. The number of rotatable bonds is 4. The molecule has 0 aliphatic rings. The predicted molar refractivity (Wildman–Crippen MR) is 93.5 cm³/mol. The van der Waals surface area contributed by atoms with E-state index in [1.807, 2.05) is 32.9 Å². The molecule has 0 aliphatic heterocycles. The van der Waals surface area contributed by atoms with Gasteiger partial charge in [-0.05, 0) is 38.5 Å². The van der Waals surface area contributed by atoms with Crippen molar-refractivity contribution in [1.82, 2.24) is 4.72 Å². The fourth-order valence-electron chi connectivity index (χ4n) is 1.28. The third kappa shape index (κ3) is 5.60. The van der Waals surface area contributed by atoms with Crippen molar-refractivity contribution in [2.75, 3.05) is 0 Å². The van der Waals surface area contributed by atoms with Crippen molar-refractivity contribution in [2.24, 2.45) is 0 Å². The number of nitrogens with one attached hydrogen (secondary N) is 1. The first-order valence-corrected chi connectivity index (χ1v) is 7.83. The third-order valence-electron chi connectivity index (χ3n) is 2.32. The van der Waals surface area contributed by atoms with Gasteiger partial charge in [-0.15, -0.1) is 6.58 Å². The monoisotopic (exact) mass is 383 g/mol. The second-order valence-corrected chi connectivity index (χ2v) is 8.17. The van der Waals surface area contributed by atoms with Crippen LogP contribution in [0.15, 0.2) is 35.3 Å². The van der Waals surface area contributed by atoms with Crippen LogP contribution in [-0.4, -0.2) is 8.96 Å². The highest BCUT2D eigenvalue weighted by Gasteiger charge is 2.23. The van der Waals surface area contributed by atoms with E-state index >= 15 is 0 Å². The first-order chi connectivity index (χ1) is 8.25. The van der Waals surface area contributed by atoms with E-state index in [4.69, 9.17) is 11.6 Å². The molecule has 0 bridgehead atoms. The Morgan fingerprint density at radius 1 is 1.47 bits per heavy atom. The van der Waals surface area contributed by atoms with E-state index in [2.05, 4.69) is 27.2 Å². The summed E-state index contributed by atoms with van der Waals surface area (Å²) in [5, 5.41) is 0.658. The molecular weight excluding hydrogens is 366 g/mol. The molecule has 0 spiro atoms. The van der Waals surface area contributed by atoms with E-state index in [0.717, 1.165) is 10.0 Å². The number of benzene rings is 1. The topological polar surface area (TPSA) is 29.1 Å². The summed E-state index contributed by atoms with van der Waals surface area (Å²) >= 11 is 9.36. The second-order valence-electron chi connectivity index (χ2n) is 4.88. The molecule has 2 atom stereocenters. The zero-order chi connectivity index (χ0) is 13.9. The van der Waals surface area contributed by atoms with E-state index in [1.54, 1.807) is 12.1 Å². The Kier molecular flexibility index (Phi) is 7.91. The fraction of sp³-hybridized carbons (Fsp3) is 0.385. The van der Waals surface area contributed by atoms with Gasteiger partial charge in [0.25, 0.3) is 0 Å². The Hall–Kier alpha value is 0.190. The summed E-state index contributed by atoms with van der Waals surface area (Å²) in [4.78, 5) is 0. The molecule has 1 aromatic carbocycles. The van der Waals surface area contributed by atoms with Crippen LogP contribution < -0.4 is 4.72 Å². The van der Waals surface area contributed by atoms with Gasteiger partial charge in [0.15, 0.2) is 0 Å². The van der Waals surface area contributed by atoms with E-state index < -0.39 is 11.0 Å². The van der Waals surface area contributed by atoms with Crippen LogP contribution in [0.5, 0.6) is 0 Å². The molecule has 1 aromatic rings.